The predicted molar refractivity (Wildman–Crippen MR) is 93.2 cm³/mol. The molecule has 0 saturated heterocycles. The third-order valence-electron chi connectivity index (χ3n) is 3.71. The maximum Gasteiger partial charge on any atom is 0.339 e. The number of aryl methyl sites for hydroxylation is 2. The second-order valence-electron chi connectivity index (χ2n) is 5.88. The highest BCUT2D eigenvalue weighted by Crippen LogP contribution is 2.26. The number of halogens is 1. The Morgan fingerprint density at radius 3 is 2.60 bits per heavy atom. The number of furan rings is 1. The molecule has 1 N–H and O–H groups in total. The number of aromatic carboxylic acids is 1. The number of nitrogens with zero attached hydrogens (tertiary/aromatic N) is 1. The van der Waals surface area contributed by atoms with E-state index in [1.54, 1.807) is 33.0 Å². The first kappa shape index (κ1) is 18.9. The highest BCUT2D eigenvalue weighted by molar-refractivity contribution is 6.32. The number of carbonyl (C=O) groups is 2. The van der Waals surface area contributed by atoms with Crippen molar-refractivity contribution in [1.82, 2.24) is 4.90 Å². The van der Waals surface area contributed by atoms with Crippen LogP contribution in [-0.4, -0.2) is 35.0 Å². The van der Waals surface area contributed by atoms with Crippen molar-refractivity contribution in [3.63, 3.8) is 0 Å². The van der Waals surface area contributed by atoms with E-state index in [0.29, 0.717) is 22.3 Å². The van der Waals surface area contributed by atoms with Gasteiger partial charge in [-0.1, -0.05) is 17.7 Å². The summed E-state index contributed by atoms with van der Waals surface area (Å²) in [5.41, 5.74) is 1.06. The van der Waals surface area contributed by atoms with Gasteiger partial charge in [-0.15, -0.1) is 0 Å². The molecule has 0 aliphatic carbocycles. The van der Waals surface area contributed by atoms with Crippen molar-refractivity contribution in [1.29, 1.82) is 0 Å². The monoisotopic (exact) mass is 365 g/mol. The van der Waals surface area contributed by atoms with Crippen LogP contribution in [0.2, 0.25) is 5.02 Å². The van der Waals surface area contributed by atoms with Crippen LogP contribution in [0.3, 0.4) is 0 Å². The van der Waals surface area contributed by atoms with Gasteiger partial charge in [0, 0.05) is 7.05 Å². The number of hydrogen-bond donors (Lipinski definition) is 1. The largest absolute Gasteiger partial charge is 0.479 e. The quantitative estimate of drug-likeness (QED) is 0.844. The average Bonchev–Trinajstić information content (AvgIpc) is 2.90. The molecule has 0 aliphatic rings. The Hall–Kier alpha value is -2.47. The van der Waals surface area contributed by atoms with Crippen molar-refractivity contribution in [2.24, 2.45) is 0 Å². The summed E-state index contributed by atoms with van der Waals surface area (Å²) in [5.74, 6) is -0.195. The van der Waals surface area contributed by atoms with Crippen LogP contribution in [0.5, 0.6) is 5.75 Å². The van der Waals surface area contributed by atoms with E-state index in [0.717, 1.165) is 5.56 Å². The summed E-state index contributed by atoms with van der Waals surface area (Å²) in [7, 11) is 1.60. The van der Waals surface area contributed by atoms with Gasteiger partial charge in [-0.25, -0.2) is 4.79 Å². The minimum Gasteiger partial charge on any atom is -0.479 e. The van der Waals surface area contributed by atoms with Crippen molar-refractivity contribution < 1.29 is 23.8 Å². The number of carboxylic acids is 1. The summed E-state index contributed by atoms with van der Waals surface area (Å²) in [6.45, 7) is 5.25. The van der Waals surface area contributed by atoms with E-state index in [1.165, 1.54) is 11.0 Å². The van der Waals surface area contributed by atoms with Gasteiger partial charge >= 0.3 is 5.97 Å². The van der Waals surface area contributed by atoms with Crippen molar-refractivity contribution in [3.05, 3.63) is 51.9 Å². The van der Waals surface area contributed by atoms with Crippen molar-refractivity contribution in [3.8, 4) is 5.75 Å². The van der Waals surface area contributed by atoms with Crippen LogP contribution < -0.4 is 4.74 Å². The molecule has 25 heavy (non-hydrogen) atoms. The van der Waals surface area contributed by atoms with E-state index in [2.05, 4.69) is 0 Å². The molecule has 0 fully saturated rings. The summed E-state index contributed by atoms with van der Waals surface area (Å²) in [5, 5.41) is 9.48. The number of carbonyl (C=O) groups excluding carboxylic acids is 1. The van der Waals surface area contributed by atoms with E-state index in [-0.39, 0.29) is 18.0 Å². The summed E-state index contributed by atoms with van der Waals surface area (Å²) < 4.78 is 11.1. The molecule has 2 aromatic rings. The summed E-state index contributed by atoms with van der Waals surface area (Å²) in [6.07, 6.45) is -0.751. The maximum atomic E-state index is 12.5. The zero-order valence-electron chi connectivity index (χ0n) is 14.5. The van der Waals surface area contributed by atoms with Crippen molar-refractivity contribution in [2.75, 3.05) is 7.05 Å². The fraction of sp³-hybridized carbons (Fsp3) is 0.333. The minimum atomic E-state index is -1.06. The van der Waals surface area contributed by atoms with Crippen molar-refractivity contribution in [2.45, 2.75) is 33.4 Å². The number of amides is 1. The van der Waals surface area contributed by atoms with Crippen LogP contribution >= 0.6 is 11.6 Å². The van der Waals surface area contributed by atoms with E-state index < -0.39 is 12.1 Å². The fourth-order valence-corrected chi connectivity index (χ4v) is 2.56. The molecule has 134 valence electrons. The molecule has 6 nitrogen and oxygen atoms in total. The Balaban J connectivity index is 2.05. The summed E-state index contributed by atoms with van der Waals surface area (Å²) in [6, 6.07) is 6.75. The molecule has 0 spiro atoms. The van der Waals surface area contributed by atoms with Crippen LogP contribution in [0.25, 0.3) is 0 Å². The van der Waals surface area contributed by atoms with Crippen LogP contribution in [0.15, 0.2) is 28.7 Å². The zero-order valence-corrected chi connectivity index (χ0v) is 15.3. The van der Waals surface area contributed by atoms with Crippen LogP contribution in [0, 0.1) is 13.8 Å². The molecule has 0 saturated carbocycles. The molecule has 2 rings (SSSR count). The molecule has 1 heterocycles. The van der Waals surface area contributed by atoms with Gasteiger partial charge in [0.1, 0.15) is 22.8 Å². The maximum absolute atomic E-state index is 12.5. The molecule has 0 aliphatic heterocycles. The van der Waals surface area contributed by atoms with Gasteiger partial charge in [-0.05, 0) is 44.5 Å². The molecule has 1 atom stereocenters. The van der Waals surface area contributed by atoms with Gasteiger partial charge in [0.15, 0.2) is 6.10 Å². The molecule has 0 bridgehead atoms. The molecule has 1 amide bonds. The Bertz CT molecular complexity index is 799. The second kappa shape index (κ2) is 7.61. The Kier molecular flexibility index (Phi) is 5.74. The van der Waals surface area contributed by atoms with Crippen molar-refractivity contribution >= 4 is 23.5 Å². The number of rotatable bonds is 6. The fourth-order valence-electron chi connectivity index (χ4n) is 2.40. The van der Waals surface area contributed by atoms with Gasteiger partial charge in [-0.3, -0.25) is 4.79 Å². The highest BCUT2D eigenvalue weighted by Gasteiger charge is 2.22. The molecule has 0 radical (unpaired) electrons. The normalized spacial score (nSPS) is 11.9. The van der Waals surface area contributed by atoms with Crippen LogP contribution in [0.4, 0.5) is 0 Å². The Morgan fingerprint density at radius 1 is 1.32 bits per heavy atom. The third kappa shape index (κ3) is 4.54. The van der Waals surface area contributed by atoms with Gasteiger partial charge in [0.25, 0.3) is 5.91 Å². The van der Waals surface area contributed by atoms with E-state index in [4.69, 9.17) is 25.9 Å². The number of likely N-dealkylation sites (N-methyl/N-ethyl adjacent to an activating group) is 1. The summed E-state index contributed by atoms with van der Waals surface area (Å²) >= 11 is 6.08. The SMILES string of the molecule is Cc1ccc(Cl)c(OC(C)C(=O)N(C)Cc2cc(C(=O)O)c(C)o2)c1. The Morgan fingerprint density at radius 2 is 2.00 bits per heavy atom. The average molecular weight is 366 g/mol. The molecule has 1 unspecified atom stereocenters. The van der Waals surface area contributed by atoms with Gasteiger partial charge < -0.3 is 19.2 Å². The smallest absolute Gasteiger partial charge is 0.339 e. The molecule has 1 aromatic heterocycles. The number of hydrogen-bond acceptors (Lipinski definition) is 4. The van der Waals surface area contributed by atoms with Gasteiger partial charge in [-0.2, -0.15) is 0 Å². The van der Waals surface area contributed by atoms with Gasteiger partial charge in [0.05, 0.1) is 11.6 Å². The predicted octanol–water partition coefficient (Wildman–Crippen LogP) is 3.67. The third-order valence-corrected chi connectivity index (χ3v) is 4.02. The lowest BCUT2D eigenvalue weighted by Gasteiger charge is -2.22. The second-order valence-corrected chi connectivity index (χ2v) is 6.28. The van der Waals surface area contributed by atoms with E-state index in [1.807, 2.05) is 13.0 Å². The van der Waals surface area contributed by atoms with Gasteiger partial charge in [0.2, 0.25) is 0 Å². The lowest BCUT2D eigenvalue weighted by molar-refractivity contribution is -0.137. The van der Waals surface area contributed by atoms with E-state index in [9.17, 15) is 9.59 Å². The Labute approximate surface area is 150 Å². The number of benzene rings is 1. The lowest BCUT2D eigenvalue weighted by atomic mass is 10.2. The zero-order chi connectivity index (χ0) is 18.7. The topological polar surface area (TPSA) is 80.0 Å². The number of carboxylic acid groups (broad SMARTS) is 1. The first-order valence-corrected chi connectivity index (χ1v) is 8.07. The van der Waals surface area contributed by atoms with E-state index >= 15 is 0 Å². The van der Waals surface area contributed by atoms with Crippen LogP contribution in [-0.2, 0) is 11.3 Å². The first-order chi connectivity index (χ1) is 11.7. The summed E-state index contributed by atoms with van der Waals surface area (Å²) in [4.78, 5) is 24.9. The lowest BCUT2D eigenvalue weighted by Crippen LogP contribution is -2.37. The molecule has 1 aromatic carbocycles. The minimum absolute atomic E-state index is 0.0895. The molecular formula is C18H20ClNO5. The highest BCUT2D eigenvalue weighted by atomic mass is 35.5. The first-order valence-electron chi connectivity index (χ1n) is 7.69. The standard InChI is InChI=1S/C18H20ClNO5/c1-10-5-6-15(19)16(7-10)25-12(3)17(21)20(4)9-13-8-14(18(22)23)11(2)24-13/h5-8,12H,9H2,1-4H3,(H,22,23). The molecular weight excluding hydrogens is 346 g/mol. The number of ether oxygens (including phenoxy) is 1. The van der Waals surface area contributed by atoms with Crippen LogP contribution in [0.1, 0.15) is 34.4 Å². The molecule has 7 heteroatoms.